The van der Waals surface area contributed by atoms with Gasteiger partial charge in [0.1, 0.15) is 0 Å². The van der Waals surface area contributed by atoms with Gasteiger partial charge in [0.25, 0.3) is 0 Å². The van der Waals surface area contributed by atoms with Crippen LogP contribution < -0.4 is 0 Å². The zero-order valence-electron chi connectivity index (χ0n) is 19.6. The van der Waals surface area contributed by atoms with Gasteiger partial charge in [-0.3, -0.25) is 0 Å². The first kappa shape index (κ1) is 27.4. The molecule has 6 heteroatoms. The van der Waals surface area contributed by atoms with E-state index < -0.39 is 23.2 Å². The number of halogens is 4. The van der Waals surface area contributed by atoms with Crippen LogP contribution in [0.2, 0.25) is 9.26 Å². The summed E-state index contributed by atoms with van der Waals surface area (Å²) >= 11 is -3.54. The molecule has 0 amide bonds. The van der Waals surface area contributed by atoms with Crippen LogP contribution in [0.25, 0.3) is 5.57 Å². The molecule has 2 atom stereocenters. The van der Waals surface area contributed by atoms with Crippen LogP contribution >= 0.6 is 24.8 Å². The van der Waals surface area contributed by atoms with Crippen molar-refractivity contribution in [2.45, 2.75) is 40.6 Å². The zero-order chi connectivity index (χ0) is 22.0. The van der Waals surface area contributed by atoms with Gasteiger partial charge < -0.3 is 0 Å². The molecule has 4 rings (SSSR count). The number of allylic oxidation sites excluding steroid dienone is 5. The van der Waals surface area contributed by atoms with Crippen molar-refractivity contribution in [1.82, 2.24) is 0 Å². The number of hydrogen-bond acceptors (Lipinski definition) is 0. The average molecular weight is 573 g/mol. The van der Waals surface area contributed by atoms with Gasteiger partial charge in [0.15, 0.2) is 0 Å². The number of benzene rings is 2. The second kappa shape index (κ2) is 9.10. The minimum absolute atomic E-state index is 0. The number of hydrogen-bond donors (Lipinski definition) is 0. The standard InChI is InChI=1S/C15H9F2.C9H13.2CH3.2ClH.H2Si.Zr/c16-11-6-8-15(17)14(9-11)13-7-5-10-3-1-2-4-12(10)13;1-6-5-7(2)9(4)8(6)3;;;;;;/h1-9H;6H,1-4H3;2*1H3;2*1H;1H2;. The molecule has 2 unspecified atom stereocenters. The van der Waals surface area contributed by atoms with Gasteiger partial charge >= 0.3 is 182 Å². The SMILES string of the molecule is CC1=C(C)C(C)[C]([Zr]([CH3])([CH3])(=[SiH2])[CH]2C=C(c3cc(F)ccc3F)c3ccccc32)=C1C.Cl.Cl. The van der Waals surface area contributed by atoms with Crippen LogP contribution in [0.1, 0.15) is 48.0 Å². The van der Waals surface area contributed by atoms with Crippen molar-refractivity contribution in [3.63, 3.8) is 0 Å². The molecule has 0 aliphatic heterocycles. The van der Waals surface area contributed by atoms with Crippen LogP contribution in [-0.2, 0) is 17.4 Å². The summed E-state index contributed by atoms with van der Waals surface area (Å²) in [6.07, 6.45) is 2.26. The predicted molar refractivity (Wildman–Crippen MR) is 138 cm³/mol. The summed E-state index contributed by atoms with van der Waals surface area (Å²) < 4.78 is 35.8. The summed E-state index contributed by atoms with van der Waals surface area (Å²) in [4.78, 5) is 0. The monoisotopic (exact) mass is 570 g/mol. The largest absolute Gasteiger partial charge is 0.147 e. The summed E-state index contributed by atoms with van der Waals surface area (Å²) in [5.74, 6) is -0.308. The second-order valence-electron chi connectivity index (χ2n) is 10.1. The van der Waals surface area contributed by atoms with Gasteiger partial charge in [0.2, 0.25) is 0 Å². The molecular weight excluding hydrogens is 540 g/mol. The fourth-order valence-corrected chi connectivity index (χ4v) is 24.4. The zero-order valence-corrected chi connectivity index (χ0v) is 25.1. The Morgan fingerprint density at radius 1 is 0.875 bits per heavy atom. The fraction of sp³-hybridized carbons (Fsp3) is 0.308. The summed E-state index contributed by atoms with van der Waals surface area (Å²) in [7, 11) is 0. The fourth-order valence-electron chi connectivity index (χ4n) is 5.92. The smallest absolute Gasteiger partial charge is 0.147 e. The van der Waals surface area contributed by atoms with Crippen LogP contribution in [0, 0.1) is 17.6 Å². The normalized spacial score (nSPS) is 20.6. The first-order valence-electron chi connectivity index (χ1n) is 10.7. The second-order valence-corrected chi connectivity index (χ2v) is 39.7. The Hall–Kier alpha value is -0.800. The van der Waals surface area contributed by atoms with Crippen molar-refractivity contribution in [1.29, 1.82) is 0 Å². The molecule has 2 aromatic rings. The summed E-state index contributed by atoms with van der Waals surface area (Å²) in [5, 5.41) is 0. The Morgan fingerprint density at radius 3 is 2.09 bits per heavy atom. The van der Waals surface area contributed by atoms with Gasteiger partial charge in [-0.05, 0) is 0 Å². The Labute approximate surface area is 205 Å². The molecule has 0 nitrogen and oxygen atoms in total. The predicted octanol–water partition coefficient (Wildman–Crippen LogP) is 7.89. The third kappa shape index (κ3) is 4.11. The van der Waals surface area contributed by atoms with E-state index in [1.807, 2.05) is 6.07 Å². The third-order valence-corrected chi connectivity index (χ3v) is 24.9. The van der Waals surface area contributed by atoms with E-state index in [0.717, 1.165) is 11.1 Å². The van der Waals surface area contributed by atoms with Gasteiger partial charge in [0.05, 0.1) is 0 Å². The van der Waals surface area contributed by atoms with Gasteiger partial charge in [-0.2, -0.15) is 0 Å². The van der Waals surface area contributed by atoms with Crippen molar-refractivity contribution in [2.24, 2.45) is 5.92 Å². The topological polar surface area (TPSA) is 0 Å². The van der Waals surface area contributed by atoms with Gasteiger partial charge in [-0.25, -0.2) is 0 Å². The molecule has 0 bridgehead atoms. The Bertz CT molecular complexity index is 1250. The van der Waals surface area contributed by atoms with Crippen LogP contribution in [-0.4, -0.2) is 6.88 Å². The number of fused-ring (bicyclic) bond motifs is 1. The summed E-state index contributed by atoms with van der Waals surface area (Å²) in [6.45, 7) is 11.4. The van der Waals surface area contributed by atoms with Crippen molar-refractivity contribution in [3.8, 4) is 0 Å². The molecule has 0 N–H and O–H groups in total. The van der Waals surface area contributed by atoms with Gasteiger partial charge in [-0.1, -0.05) is 0 Å². The molecule has 0 saturated heterocycles. The van der Waals surface area contributed by atoms with E-state index in [1.165, 1.54) is 40.5 Å². The molecule has 0 aromatic heterocycles. The maximum atomic E-state index is 14.8. The molecule has 0 fully saturated rings. The number of rotatable bonds is 3. The summed E-state index contributed by atoms with van der Waals surface area (Å²) in [5.41, 5.74) is 7.90. The molecule has 0 spiro atoms. The van der Waals surface area contributed by atoms with E-state index in [0.29, 0.717) is 11.5 Å². The molecule has 0 radical (unpaired) electrons. The molecular formula is C26H32Cl2F2SiZr. The molecule has 2 aliphatic rings. The molecule has 32 heavy (non-hydrogen) atoms. The summed E-state index contributed by atoms with van der Waals surface area (Å²) in [6, 6.07) is 12.1. The van der Waals surface area contributed by atoms with Crippen LogP contribution in [0.4, 0.5) is 8.78 Å². The van der Waals surface area contributed by atoms with E-state index in [9.17, 15) is 8.78 Å². The molecule has 172 valence electrons. The van der Waals surface area contributed by atoms with E-state index in [2.05, 4.69) is 68.1 Å². The van der Waals surface area contributed by atoms with Crippen molar-refractivity contribution in [2.75, 3.05) is 0 Å². The van der Waals surface area contributed by atoms with Crippen LogP contribution in [0.5, 0.6) is 0 Å². The van der Waals surface area contributed by atoms with E-state index in [4.69, 9.17) is 0 Å². The van der Waals surface area contributed by atoms with Crippen molar-refractivity contribution >= 4 is 37.3 Å². The van der Waals surface area contributed by atoms with Gasteiger partial charge in [-0.15, -0.1) is 24.8 Å². The average Bonchev–Trinajstić information content (AvgIpc) is 3.17. The Morgan fingerprint density at radius 2 is 1.50 bits per heavy atom. The van der Waals surface area contributed by atoms with E-state index >= 15 is 0 Å². The first-order chi connectivity index (χ1) is 13.9. The molecule has 0 heterocycles. The van der Waals surface area contributed by atoms with Crippen molar-refractivity contribution in [3.05, 3.63) is 96.9 Å². The minimum atomic E-state index is -3.54. The Kier molecular flexibility index (Phi) is 7.80. The molecule has 2 aromatic carbocycles. The van der Waals surface area contributed by atoms with Gasteiger partial charge in [0, 0.05) is 0 Å². The quantitative estimate of drug-likeness (QED) is 0.328. The third-order valence-electron chi connectivity index (χ3n) is 7.66. The Balaban J connectivity index is 0.00000181. The maximum absolute atomic E-state index is 14.8. The molecule has 0 saturated carbocycles. The van der Waals surface area contributed by atoms with E-state index in [-0.39, 0.29) is 34.3 Å². The van der Waals surface area contributed by atoms with Crippen LogP contribution in [0.3, 0.4) is 0 Å². The maximum Gasteiger partial charge on any atom is -0.147 e. The minimum Gasteiger partial charge on any atom is -0.147 e. The first-order valence-corrected chi connectivity index (χ1v) is 24.1. The van der Waals surface area contributed by atoms with Crippen molar-refractivity contribution < 1.29 is 26.2 Å². The molecule has 2 aliphatic carbocycles. The van der Waals surface area contributed by atoms with E-state index in [1.54, 1.807) is 3.28 Å². The van der Waals surface area contributed by atoms with Crippen LogP contribution in [0.15, 0.2) is 68.5 Å².